The maximum Gasteiger partial charge on any atom is 0.00739 e. The summed E-state index contributed by atoms with van der Waals surface area (Å²) in [5.74, 6) is 0. The zero-order valence-corrected chi connectivity index (χ0v) is 5.86. The summed E-state index contributed by atoms with van der Waals surface area (Å²) >= 11 is 0. The minimum atomic E-state index is 1.10. The summed E-state index contributed by atoms with van der Waals surface area (Å²) in [5.41, 5.74) is 2.42. The van der Waals surface area contributed by atoms with Crippen LogP contribution in [0.4, 0.5) is 0 Å². The van der Waals surface area contributed by atoms with E-state index in [1.54, 1.807) is 0 Å². The molecule has 0 atom stereocenters. The van der Waals surface area contributed by atoms with Crippen LogP contribution >= 0.6 is 0 Å². The van der Waals surface area contributed by atoms with E-state index in [1.165, 1.54) is 5.57 Å². The third-order valence-corrected chi connectivity index (χ3v) is 0.701. The summed E-state index contributed by atoms with van der Waals surface area (Å²) < 4.78 is 0. The number of rotatable bonds is 2. The minimum absolute atomic E-state index is 1.10. The predicted molar refractivity (Wildman–Crippen MR) is 38.5 cm³/mol. The Morgan fingerprint density at radius 1 is 1.25 bits per heavy atom. The molecule has 45 valence electrons. The zero-order valence-electron chi connectivity index (χ0n) is 5.86. The molecule has 0 aliphatic carbocycles. The van der Waals surface area contributed by atoms with Crippen molar-refractivity contribution < 1.29 is 0 Å². The maximum absolute atomic E-state index is 3.73. The molecule has 0 spiro atoms. The molecule has 0 heterocycles. The second kappa shape index (κ2) is 3.48. The van der Waals surface area contributed by atoms with Crippen LogP contribution in [0.25, 0.3) is 0 Å². The molecule has 0 fully saturated rings. The van der Waals surface area contributed by atoms with Crippen LogP contribution in [-0.4, -0.2) is 0 Å². The molecule has 0 amide bonds. The van der Waals surface area contributed by atoms with Gasteiger partial charge in [-0.1, -0.05) is 23.8 Å². The monoisotopic (exact) mass is 109 g/mol. The van der Waals surface area contributed by atoms with Crippen LogP contribution < -0.4 is 0 Å². The van der Waals surface area contributed by atoms with Crippen LogP contribution in [-0.2, 0) is 0 Å². The average molecular weight is 109 g/mol. The van der Waals surface area contributed by atoms with Crippen molar-refractivity contribution in [3.63, 3.8) is 0 Å². The lowest BCUT2D eigenvalue weighted by molar-refractivity contribution is 1.35. The Labute approximate surface area is 51.9 Å². The molecule has 0 saturated carbocycles. The molecular weight excluding hydrogens is 96.1 g/mol. The molecule has 0 heteroatoms. The summed E-state index contributed by atoms with van der Waals surface area (Å²) in [6, 6.07) is 0. The molecule has 0 aromatic rings. The summed E-state index contributed by atoms with van der Waals surface area (Å²) in [6.45, 7) is 9.85. The average Bonchev–Trinajstić information content (AvgIpc) is 1.61. The Balaban J connectivity index is 3.45. The van der Waals surface area contributed by atoms with E-state index in [1.807, 2.05) is 13.3 Å². The lowest BCUT2D eigenvalue weighted by Gasteiger charge is -1.89. The van der Waals surface area contributed by atoms with Crippen LogP contribution in [0.1, 0.15) is 20.8 Å². The molecular formula is C8H13. The fraction of sp³-hybridized carbons (Fsp3) is 0.375. The molecule has 0 aliphatic rings. The van der Waals surface area contributed by atoms with Crippen LogP contribution in [0.2, 0.25) is 0 Å². The second-order valence-corrected chi connectivity index (χ2v) is 2.26. The van der Waals surface area contributed by atoms with Crippen molar-refractivity contribution >= 4 is 0 Å². The third kappa shape index (κ3) is 5.48. The van der Waals surface area contributed by atoms with Crippen molar-refractivity contribution in [1.82, 2.24) is 0 Å². The normalized spacial score (nSPS) is 8.38. The molecule has 0 aromatic heterocycles. The zero-order chi connectivity index (χ0) is 6.57. The third-order valence-electron chi connectivity index (χ3n) is 0.701. The Morgan fingerprint density at radius 3 is 1.88 bits per heavy atom. The Hall–Kier alpha value is -0.520. The fourth-order valence-corrected chi connectivity index (χ4v) is 0.309. The smallest absolute Gasteiger partial charge is 0.00739 e. The van der Waals surface area contributed by atoms with Gasteiger partial charge >= 0.3 is 0 Å². The number of hydrogen-bond acceptors (Lipinski definition) is 0. The van der Waals surface area contributed by atoms with E-state index in [2.05, 4.69) is 26.5 Å². The molecule has 1 radical (unpaired) electrons. The van der Waals surface area contributed by atoms with E-state index < -0.39 is 0 Å². The van der Waals surface area contributed by atoms with Crippen LogP contribution in [0.5, 0.6) is 0 Å². The van der Waals surface area contributed by atoms with Gasteiger partial charge in [0.05, 0.1) is 0 Å². The van der Waals surface area contributed by atoms with Gasteiger partial charge in [-0.3, -0.25) is 0 Å². The lowest BCUT2D eigenvalue weighted by atomic mass is 10.2. The van der Waals surface area contributed by atoms with E-state index in [0.29, 0.717) is 0 Å². The molecule has 8 heavy (non-hydrogen) atoms. The van der Waals surface area contributed by atoms with Gasteiger partial charge in [-0.05, 0) is 20.8 Å². The maximum atomic E-state index is 3.73. The second-order valence-electron chi connectivity index (χ2n) is 2.26. The summed E-state index contributed by atoms with van der Waals surface area (Å²) in [6.07, 6.45) is 4.07. The molecule has 0 rings (SSSR count). The first-order valence-electron chi connectivity index (χ1n) is 2.76. The Kier molecular flexibility index (Phi) is 3.25. The highest BCUT2D eigenvalue weighted by molar-refractivity contribution is 5.17. The molecule has 0 bridgehead atoms. The van der Waals surface area contributed by atoms with Gasteiger partial charge in [0.2, 0.25) is 0 Å². The van der Waals surface area contributed by atoms with E-state index in [9.17, 15) is 0 Å². The van der Waals surface area contributed by atoms with Gasteiger partial charge in [0.15, 0.2) is 0 Å². The predicted octanol–water partition coefficient (Wildman–Crippen LogP) is 2.73. The van der Waals surface area contributed by atoms with Crippen molar-refractivity contribution in [2.24, 2.45) is 0 Å². The van der Waals surface area contributed by atoms with E-state index in [4.69, 9.17) is 0 Å². The highest BCUT2D eigenvalue weighted by atomic mass is 13.9. The van der Waals surface area contributed by atoms with Crippen molar-refractivity contribution in [2.75, 3.05) is 0 Å². The molecule has 0 nitrogen and oxygen atoms in total. The number of allylic oxidation sites excluding steroid dienone is 3. The van der Waals surface area contributed by atoms with Gasteiger partial charge in [-0.2, -0.15) is 0 Å². The largest absolute Gasteiger partial charge is 0.0995 e. The van der Waals surface area contributed by atoms with E-state index >= 15 is 0 Å². The van der Waals surface area contributed by atoms with Crippen LogP contribution in [0.15, 0.2) is 23.8 Å². The first-order chi connectivity index (χ1) is 3.63. The van der Waals surface area contributed by atoms with Gasteiger partial charge < -0.3 is 0 Å². The fourth-order valence-electron chi connectivity index (χ4n) is 0.309. The minimum Gasteiger partial charge on any atom is -0.0995 e. The topological polar surface area (TPSA) is 0 Å². The van der Waals surface area contributed by atoms with Crippen molar-refractivity contribution in [3.05, 3.63) is 30.2 Å². The van der Waals surface area contributed by atoms with Crippen molar-refractivity contribution in [1.29, 1.82) is 0 Å². The van der Waals surface area contributed by atoms with Gasteiger partial charge in [0.1, 0.15) is 0 Å². The quantitative estimate of drug-likeness (QED) is 0.511. The molecule has 0 N–H and O–H groups in total. The van der Waals surface area contributed by atoms with E-state index in [0.717, 1.165) is 5.57 Å². The molecule has 0 aliphatic heterocycles. The summed E-state index contributed by atoms with van der Waals surface area (Å²) in [4.78, 5) is 0. The van der Waals surface area contributed by atoms with Crippen LogP contribution in [0, 0.1) is 6.42 Å². The van der Waals surface area contributed by atoms with Gasteiger partial charge in [-0.15, -0.1) is 0 Å². The summed E-state index contributed by atoms with van der Waals surface area (Å²) in [5, 5.41) is 0. The standard InChI is InChI=1S/C8H13/c1-7(2)5-6-8(3)4/h5-6H,1H2,2-4H3. The molecule has 0 aromatic carbocycles. The SMILES string of the molecule is C=C(C)[CH]C=C(C)C. The molecule has 0 unspecified atom stereocenters. The first-order valence-corrected chi connectivity index (χ1v) is 2.76. The lowest BCUT2D eigenvalue weighted by Crippen LogP contribution is -1.70. The van der Waals surface area contributed by atoms with Crippen LogP contribution in [0.3, 0.4) is 0 Å². The Bertz CT molecular complexity index is 103. The van der Waals surface area contributed by atoms with Crippen molar-refractivity contribution in [3.8, 4) is 0 Å². The van der Waals surface area contributed by atoms with Gasteiger partial charge in [-0.25, -0.2) is 0 Å². The van der Waals surface area contributed by atoms with Gasteiger partial charge in [0, 0.05) is 6.42 Å². The number of hydrogen-bond donors (Lipinski definition) is 0. The molecule has 0 saturated heterocycles. The summed E-state index contributed by atoms with van der Waals surface area (Å²) in [7, 11) is 0. The van der Waals surface area contributed by atoms with Crippen molar-refractivity contribution in [2.45, 2.75) is 20.8 Å². The van der Waals surface area contributed by atoms with E-state index in [-0.39, 0.29) is 0 Å². The Morgan fingerprint density at radius 2 is 1.75 bits per heavy atom. The van der Waals surface area contributed by atoms with Gasteiger partial charge in [0.25, 0.3) is 0 Å². The first kappa shape index (κ1) is 7.48. The highest BCUT2D eigenvalue weighted by Gasteiger charge is 1.79. The highest BCUT2D eigenvalue weighted by Crippen LogP contribution is 1.98.